The van der Waals surface area contributed by atoms with Crippen LogP contribution in [0.25, 0.3) is 0 Å². The third-order valence-corrected chi connectivity index (χ3v) is 4.69. The van der Waals surface area contributed by atoms with E-state index in [1.807, 2.05) is 13.8 Å². The van der Waals surface area contributed by atoms with Crippen LogP contribution in [-0.2, 0) is 4.79 Å². The number of hydrogen-bond acceptors (Lipinski definition) is 4. The number of piperidine rings is 1. The van der Waals surface area contributed by atoms with E-state index >= 15 is 0 Å². The summed E-state index contributed by atoms with van der Waals surface area (Å²) in [6.07, 6.45) is 1.62. The molecule has 0 spiro atoms. The zero-order chi connectivity index (χ0) is 14.9. The third kappa shape index (κ3) is 2.52. The fraction of sp³-hybridized carbons (Fsp3) is 0.571. The lowest BCUT2D eigenvalue weighted by molar-refractivity contribution is -0.148. The SMILES string of the molecule is COc1ccsc1C(=O)N1CCCC(C)(C)C1C(=O)O. The quantitative estimate of drug-likeness (QED) is 0.930. The Bertz CT molecular complexity index is 523. The number of likely N-dealkylation sites (tertiary alicyclic amines) is 1. The molecule has 1 N–H and O–H groups in total. The lowest BCUT2D eigenvalue weighted by Gasteiger charge is -2.43. The molecule has 1 unspecified atom stereocenters. The van der Waals surface area contributed by atoms with E-state index in [2.05, 4.69) is 0 Å². The van der Waals surface area contributed by atoms with Gasteiger partial charge in [0.2, 0.25) is 0 Å². The Kier molecular flexibility index (Phi) is 4.04. The summed E-state index contributed by atoms with van der Waals surface area (Å²) < 4.78 is 5.16. The number of carboxylic acid groups (broad SMARTS) is 1. The number of methoxy groups -OCH3 is 1. The van der Waals surface area contributed by atoms with E-state index in [9.17, 15) is 14.7 Å². The van der Waals surface area contributed by atoms with E-state index in [1.54, 1.807) is 11.4 Å². The van der Waals surface area contributed by atoms with E-state index < -0.39 is 17.4 Å². The summed E-state index contributed by atoms with van der Waals surface area (Å²) in [6.45, 7) is 4.27. The number of amides is 1. The molecule has 0 aliphatic carbocycles. The summed E-state index contributed by atoms with van der Waals surface area (Å²) in [5.41, 5.74) is -0.426. The van der Waals surface area contributed by atoms with Gasteiger partial charge in [-0.25, -0.2) is 4.79 Å². The Morgan fingerprint density at radius 2 is 2.20 bits per heavy atom. The molecular formula is C14H19NO4S. The lowest BCUT2D eigenvalue weighted by Crippen LogP contribution is -2.56. The van der Waals surface area contributed by atoms with Gasteiger partial charge in [0.1, 0.15) is 16.7 Å². The monoisotopic (exact) mass is 297 g/mol. The first-order valence-corrected chi connectivity index (χ1v) is 7.41. The molecule has 0 radical (unpaired) electrons. The number of ether oxygens (including phenoxy) is 1. The van der Waals surface area contributed by atoms with Crippen LogP contribution in [0.2, 0.25) is 0 Å². The van der Waals surface area contributed by atoms with Crippen LogP contribution >= 0.6 is 11.3 Å². The van der Waals surface area contributed by atoms with E-state index in [1.165, 1.54) is 23.3 Å². The second-order valence-electron chi connectivity index (χ2n) is 5.65. The van der Waals surface area contributed by atoms with Gasteiger partial charge in [-0.05, 0) is 29.7 Å². The fourth-order valence-electron chi connectivity index (χ4n) is 2.82. The highest BCUT2D eigenvalue weighted by atomic mass is 32.1. The summed E-state index contributed by atoms with van der Waals surface area (Å²) >= 11 is 1.28. The average Bonchev–Trinajstić information content (AvgIpc) is 2.84. The molecule has 1 aromatic rings. The van der Waals surface area contributed by atoms with Crippen molar-refractivity contribution >= 4 is 23.2 Å². The van der Waals surface area contributed by atoms with Crippen molar-refractivity contribution in [3.05, 3.63) is 16.3 Å². The van der Waals surface area contributed by atoms with Crippen molar-refractivity contribution in [2.24, 2.45) is 5.41 Å². The van der Waals surface area contributed by atoms with Crippen LogP contribution in [0.4, 0.5) is 0 Å². The van der Waals surface area contributed by atoms with Gasteiger partial charge in [0.15, 0.2) is 0 Å². The summed E-state index contributed by atoms with van der Waals surface area (Å²) in [4.78, 5) is 26.2. The molecule has 1 amide bonds. The van der Waals surface area contributed by atoms with Gasteiger partial charge in [0.05, 0.1) is 7.11 Å². The van der Waals surface area contributed by atoms with Gasteiger partial charge in [-0.1, -0.05) is 13.8 Å². The van der Waals surface area contributed by atoms with Crippen molar-refractivity contribution < 1.29 is 19.4 Å². The Balaban J connectivity index is 2.34. The highest BCUT2D eigenvalue weighted by Gasteiger charge is 2.45. The van der Waals surface area contributed by atoms with Crippen molar-refractivity contribution in [1.82, 2.24) is 4.90 Å². The third-order valence-electron chi connectivity index (χ3n) is 3.81. The molecule has 1 aromatic heterocycles. The van der Waals surface area contributed by atoms with Crippen molar-refractivity contribution in [1.29, 1.82) is 0 Å². The van der Waals surface area contributed by atoms with Crippen LogP contribution < -0.4 is 4.74 Å². The van der Waals surface area contributed by atoms with Crippen LogP contribution in [0.15, 0.2) is 11.4 Å². The maximum absolute atomic E-state index is 12.6. The van der Waals surface area contributed by atoms with Crippen LogP contribution in [-0.4, -0.2) is 41.6 Å². The second-order valence-corrected chi connectivity index (χ2v) is 6.57. The first-order chi connectivity index (χ1) is 9.38. The molecule has 2 heterocycles. The second kappa shape index (κ2) is 5.44. The molecule has 0 saturated carbocycles. The minimum atomic E-state index is -0.946. The predicted octanol–water partition coefficient (Wildman–Crippen LogP) is 2.47. The molecule has 110 valence electrons. The maximum Gasteiger partial charge on any atom is 0.326 e. The Morgan fingerprint density at radius 1 is 1.50 bits per heavy atom. The van der Waals surface area contributed by atoms with E-state index in [-0.39, 0.29) is 5.91 Å². The van der Waals surface area contributed by atoms with Gasteiger partial charge < -0.3 is 14.7 Å². The molecule has 0 aromatic carbocycles. The first-order valence-electron chi connectivity index (χ1n) is 6.53. The smallest absolute Gasteiger partial charge is 0.326 e. The summed E-state index contributed by atoms with van der Waals surface area (Å²) in [5.74, 6) is -0.692. The normalized spacial score (nSPS) is 21.6. The van der Waals surface area contributed by atoms with E-state index in [0.717, 1.165) is 12.8 Å². The minimum absolute atomic E-state index is 0.253. The number of nitrogens with zero attached hydrogens (tertiary/aromatic N) is 1. The molecule has 1 fully saturated rings. The van der Waals surface area contributed by atoms with E-state index in [0.29, 0.717) is 17.2 Å². The van der Waals surface area contributed by atoms with Crippen LogP contribution in [0.1, 0.15) is 36.4 Å². The first kappa shape index (κ1) is 14.8. The predicted molar refractivity (Wildman–Crippen MR) is 76.3 cm³/mol. The molecule has 1 aliphatic rings. The largest absolute Gasteiger partial charge is 0.495 e. The standard InChI is InChI=1S/C14H19NO4S/c1-14(2)6-4-7-15(11(14)13(17)18)12(16)10-9(19-3)5-8-20-10/h5,8,11H,4,6-7H2,1-3H3,(H,17,18). The topological polar surface area (TPSA) is 66.8 Å². The van der Waals surface area contributed by atoms with Gasteiger partial charge >= 0.3 is 5.97 Å². The van der Waals surface area contributed by atoms with Gasteiger partial charge in [0, 0.05) is 6.54 Å². The molecule has 20 heavy (non-hydrogen) atoms. The number of hydrogen-bond donors (Lipinski definition) is 1. The molecule has 1 aliphatic heterocycles. The number of thiophene rings is 1. The van der Waals surface area contributed by atoms with Crippen molar-refractivity contribution in [2.45, 2.75) is 32.7 Å². The zero-order valence-electron chi connectivity index (χ0n) is 11.9. The molecule has 6 heteroatoms. The van der Waals surface area contributed by atoms with Crippen LogP contribution in [0.3, 0.4) is 0 Å². The van der Waals surface area contributed by atoms with Gasteiger partial charge in [-0.15, -0.1) is 11.3 Å². The minimum Gasteiger partial charge on any atom is -0.495 e. The lowest BCUT2D eigenvalue weighted by atomic mass is 9.76. The zero-order valence-corrected chi connectivity index (χ0v) is 12.7. The average molecular weight is 297 g/mol. The number of carbonyl (C=O) groups excluding carboxylic acids is 1. The highest BCUT2D eigenvalue weighted by molar-refractivity contribution is 7.12. The highest BCUT2D eigenvalue weighted by Crippen LogP contribution is 2.37. The Morgan fingerprint density at radius 3 is 2.80 bits per heavy atom. The van der Waals surface area contributed by atoms with Gasteiger partial charge in [-0.2, -0.15) is 0 Å². The summed E-state index contributed by atoms with van der Waals surface area (Å²) in [5, 5.41) is 11.3. The summed E-state index contributed by atoms with van der Waals surface area (Å²) in [7, 11) is 1.51. The fourth-order valence-corrected chi connectivity index (χ4v) is 3.64. The molecular weight excluding hydrogens is 278 g/mol. The number of rotatable bonds is 3. The van der Waals surface area contributed by atoms with E-state index in [4.69, 9.17) is 4.74 Å². The summed E-state index contributed by atoms with van der Waals surface area (Å²) in [6, 6.07) is 0.929. The van der Waals surface area contributed by atoms with Crippen molar-refractivity contribution in [3.8, 4) is 5.75 Å². The Hall–Kier alpha value is -1.56. The molecule has 1 atom stereocenters. The number of carboxylic acids is 1. The number of aliphatic carboxylic acids is 1. The molecule has 2 rings (SSSR count). The van der Waals surface area contributed by atoms with Crippen LogP contribution in [0.5, 0.6) is 5.75 Å². The van der Waals surface area contributed by atoms with Crippen molar-refractivity contribution in [2.75, 3.05) is 13.7 Å². The van der Waals surface area contributed by atoms with Crippen LogP contribution in [0, 0.1) is 5.41 Å². The van der Waals surface area contributed by atoms with Crippen molar-refractivity contribution in [3.63, 3.8) is 0 Å². The Labute approximate surface area is 122 Å². The molecule has 5 nitrogen and oxygen atoms in total. The molecule has 1 saturated heterocycles. The van der Waals surface area contributed by atoms with Gasteiger partial charge in [-0.3, -0.25) is 4.79 Å². The molecule has 0 bridgehead atoms. The maximum atomic E-state index is 12.6. The number of carbonyl (C=O) groups is 2. The van der Waals surface area contributed by atoms with Gasteiger partial charge in [0.25, 0.3) is 5.91 Å².